The number of anilines is 1. The first-order valence-corrected chi connectivity index (χ1v) is 11.0. The molecule has 1 atom stereocenters. The van der Waals surface area contributed by atoms with Crippen LogP contribution in [0.15, 0.2) is 53.7 Å². The van der Waals surface area contributed by atoms with E-state index in [9.17, 15) is 4.79 Å². The Labute approximate surface area is 172 Å². The fourth-order valence-electron chi connectivity index (χ4n) is 6.01. The Kier molecular flexibility index (Phi) is 3.43. The van der Waals surface area contributed by atoms with E-state index in [1.54, 1.807) is 0 Å². The molecule has 3 aliphatic carbocycles. The minimum absolute atomic E-state index is 0.0928. The summed E-state index contributed by atoms with van der Waals surface area (Å²) in [4.78, 5) is 15.7. The quantitative estimate of drug-likeness (QED) is 0.634. The van der Waals surface area contributed by atoms with Gasteiger partial charge in [-0.1, -0.05) is 51.1 Å². The molecule has 1 amide bonds. The maximum atomic E-state index is 13.2. The van der Waals surface area contributed by atoms with Gasteiger partial charge >= 0.3 is 0 Å². The summed E-state index contributed by atoms with van der Waals surface area (Å²) >= 11 is 0. The van der Waals surface area contributed by atoms with E-state index in [0.717, 1.165) is 5.57 Å². The number of nitrogens with zero attached hydrogens (tertiary/aromatic N) is 1. The van der Waals surface area contributed by atoms with Crippen molar-refractivity contribution in [3.8, 4) is 11.1 Å². The van der Waals surface area contributed by atoms with E-state index in [4.69, 9.17) is 0 Å². The number of benzene rings is 2. The Morgan fingerprint density at radius 3 is 2.41 bits per heavy atom. The Balaban J connectivity index is 1.63. The van der Waals surface area contributed by atoms with Crippen LogP contribution >= 0.6 is 0 Å². The van der Waals surface area contributed by atoms with E-state index >= 15 is 0 Å². The molecular weight excluding hydrogens is 356 g/mol. The first-order chi connectivity index (χ1) is 13.9. The first kappa shape index (κ1) is 17.3. The SMILES string of the molecule is CC(C)(C)c1ccc2c(c1)-c1ccccc1C1NC(=O)C3=C(C4CCC3CC4)N21. The predicted molar refractivity (Wildman–Crippen MR) is 116 cm³/mol. The van der Waals surface area contributed by atoms with Crippen molar-refractivity contribution in [1.82, 2.24) is 5.32 Å². The zero-order valence-electron chi connectivity index (χ0n) is 17.5. The number of carbonyl (C=O) groups is 1. The van der Waals surface area contributed by atoms with Crippen LogP contribution in [0.5, 0.6) is 0 Å². The number of rotatable bonds is 0. The highest BCUT2D eigenvalue weighted by Crippen LogP contribution is 2.55. The number of amides is 1. The van der Waals surface area contributed by atoms with E-state index < -0.39 is 0 Å². The molecule has 148 valence electrons. The normalized spacial score (nSPS) is 27.1. The van der Waals surface area contributed by atoms with Crippen LogP contribution < -0.4 is 10.2 Å². The van der Waals surface area contributed by atoms with Gasteiger partial charge in [0.1, 0.15) is 6.17 Å². The summed E-state index contributed by atoms with van der Waals surface area (Å²) < 4.78 is 0. The zero-order valence-corrected chi connectivity index (χ0v) is 17.5. The van der Waals surface area contributed by atoms with Crippen molar-refractivity contribution >= 4 is 11.6 Å². The largest absolute Gasteiger partial charge is 0.328 e. The molecule has 2 aliphatic heterocycles. The van der Waals surface area contributed by atoms with Gasteiger partial charge in [0.2, 0.25) is 0 Å². The van der Waals surface area contributed by atoms with E-state index in [1.165, 1.54) is 59.3 Å². The van der Waals surface area contributed by atoms with Crippen LogP contribution in [-0.4, -0.2) is 5.91 Å². The monoisotopic (exact) mass is 384 g/mol. The molecule has 1 saturated carbocycles. The van der Waals surface area contributed by atoms with Crippen LogP contribution in [0, 0.1) is 11.8 Å². The third-order valence-corrected chi connectivity index (χ3v) is 7.50. The zero-order chi connectivity index (χ0) is 19.9. The highest BCUT2D eigenvalue weighted by atomic mass is 16.2. The Bertz CT molecular complexity index is 1070. The second kappa shape index (κ2) is 5.75. The molecule has 0 spiro atoms. The highest BCUT2D eigenvalue weighted by molar-refractivity contribution is 6.00. The summed E-state index contributed by atoms with van der Waals surface area (Å²) in [5.74, 6) is 1.12. The van der Waals surface area contributed by atoms with Crippen LogP contribution in [0.2, 0.25) is 0 Å². The molecule has 5 aliphatic rings. The van der Waals surface area contributed by atoms with E-state index in [0.29, 0.717) is 11.8 Å². The Hall–Kier alpha value is -2.55. The van der Waals surface area contributed by atoms with Crippen LogP contribution in [0.1, 0.15) is 63.7 Å². The fraction of sp³-hybridized carbons (Fsp3) is 0.423. The molecule has 3 nitrogen and oxygen atoms in total. The first-order valence-electron chi connectivity index (χ1n) is 11.0. The molecule has 7 rings (SSSR count). The molecule has 0 radical (unpaired) electrons. The van der Waals surface area contributed by atoms with E-state index in [2.05, 4.69) is 73.5 Å². The van der Waals surface area contributed by atoms with Gasteiger partial charge in [-0.3, -0.25) is 4.79 Å². The maximum absolute atomic E-state index is 13.2. The number of hydrogen-bond acceptors (Lipinski definition) is 2. The summed E-state index contributed by atoms with van der Waals surface area (Å²) in [5.41, 5.74) is 8.87. The average Bonchev–Trinajstić information content (AvgIpc) is 2.73. The van der Waals surface area contributed by atoms with Crippen molar-refractivity contribution in [2.45, 2.75) is 58.0 Å². The minimum Gasteiger partial charge on any atom is -0.328 e. The number of allylic oxidation sites excluding steroid dienone is 1. The van der Waals surface area contributed by atoms with Gasteiger partial charge in [-0.2, -0.15) is 0 Å². The summed E-state index contributed by atoms with van der Waals surface area (Å²) in [7, 11) is 0. The molecule has 2 bridgehead atoms. The third kappa shape index (κ3) is 2.33. The lowest BCUT2D eigenvalue weighted by Crippen LogP contribution is -2.53. The molecule has 3 heteroatoms. The van der Waals surface area contributed by atoms with Crippen molar-refractivity contribution in [1.29, 1.82) is 0 Å². The topological polar surface area (TPSA) is 32.3 Å². The van der Waals surface area contributed by atoms with Crippen molar-refractivity contribution in [3.05, 3.63) is 64.9 Å². The van der Waals surface area contributed by atoms with Crippen LogP contribution in [0.4, 0.5) is 5.69 Å². The summed E-state index contributed by atoms with van der Waals surface area (Å²) in [6, 6.07) is 15.6. The van der Waals surface area contributed by atoms with Gasteiger partial charge in [0.05, 0.1) is 5.69 Å². The third-order valence-electron chi connectivity index (χ3n) is 7.50. The van der Waals surface area contributed by atoms with Crippen LogP contribution in [0.3, 0.4) is 0 Å². The van der Waals surface area contributed by atoms with Crippen molar-refractivity contribution in [2.24, 2.45) is 11.8 Å². The van der Waals surface area contributed by atoms with Crippen molar-refractivity contribution < 1.29 is 4.79 Å². The van der Waals surface area contributed by atoms with Gasteiger partial charge in [0, 0.05) is 22.4 Å². The summed E-state index contributed by atoms with van der Waals surface area (Å²) in [6.45, 7) is 6.82. The smallest absolute Gasteiger partial charge is 0.251 e. The standard InChI is InChI=1S/C26H28N2O/c1-26(2,3)17-12-13-21-20(14-17)18-6-4-5-7-19(18)24-27-25(29)22-15-8-10-16(11-9-15)23(22)28(21)24/h4-7,12-16,24H,8-11H2,1-3H3,(H,27,29). The van der Waals surface area contributed by atoms with Crippen molar-refractivity contribution in [3.63, 3.8) is 0 Å². The lowest BCUT2D eigenvalue weighted by atomic mass is 9.67. The Morgan fingerprint density at radius 2 is 1.66 bits per heavy atom. The highest BCUT2D eigenvalue weighted by Gasteiger charge is 2.48. The van der Waals surface area contributed by atoms with Gasteiger partial charge in [-0.15, -0.1) is 0 Å². The lowest BCUT2D eigenvalue weighted by Gasteiger charge is -2.52. The summed E-state index contributed by atoms with van der Waals surface area (Å²) in [5, 5.41) is 3.37. The molecule has 1 fully saturated rings. The average molecular weight is 385 g/mol. The number of hydrogen-bond donors (Lipinski definition) is 1. The maximum Gasteiger partial charge on any atom is 0.251 e. The number of carbonyl (C=O) groups excluding carboxylic acids is 1. The molecule has 1 N–H and O–H groups in total. The lowest BCUT2D eigenvalue weighted by molar-refractivity contribution is -0.120. The Morgan fingerprint density at radius 1 is 0.931 bits per heavy atom. The summed E-state index contributed by atoms with van der Waals surface area (Å²) in [6.07, 6.45) is 4.68. The molecular formula is C26H28N2O. The van der Waals surface area contributed by atoms with Crippen molar-refractivity contribution in [2.75, 3.05) is 4.90 Å². The second-order valence-electron chi connectivity index (χ2n) is 10.2. The molecule has 0 saturated heterocycles. The van der Waals surface area contributed by atoms with E-state index in [-0.39, 0.29) is 17.5 Å². The van der Waals surface area contributed by atoms with Gasteiger partial charge in [0.15, 0.2) is 0 Å². The molecule has 2 aromatic rings. The molecule has 29 heavy (non-hydrogen) atoms. The molecule has 2 aromatic carbocycles. The fourth-order valence-corrected chi connectivity index (χ4v) is 6.01. The number of nitrogens with one attached hydrogen (secondary N) is 1. The molecule has 0 aromatic heterocycles. The predicted octanol–water partition coefficient (Wildman–Crippen LogP) is 5.67. The van der Waals surface area contributed by atoms with Crippen LogP contribution in [0.25, 0.3) is 11.1 Å². The molecule has 2 heterocycles. The second-order valence-corrected chi connectivity index (χ2v) is 10.2. The van der Waals surface area contributed by atoms with Crippen LogP contribution in [-0.2, 0) is 10.2 Å². The minimum atomic E-state index is -0.0928. The van der Waals surface area contributed by atoms with E-state index in [1.807, 2.05) is 0 Å². The van der Waals surface area contributed by atoms with Gasteiger partial charge in [-0.05, 0) is 66.2 Å². The van der Waals surface area contributed by atoms with Gasteiger partial charge < -0.3 is 10.2 Å². The molecule has 1 unspecified atom stereocenters. The van der Waals surface area contributed by atoms with Gasteiger partial charge in [0.25, 0.3) is 5.91 Å². The van der Waals surface area contributed by atoms with Gasteiger partial charge in [-0.25, -0.2) is 0 Å². The number of fused-ring (bicyclic) bond motifs is 8.